The third kappa shape index (κ3) is 6.82. The molecule has 3 aliphatic rings. The molecule has 3 atom stereocenters. The number of fused-ring (bicyclic) bond motifs is 2. The molecule has 4 heteroatoms. The summed E-state index contributed by atoms with van der Waals surface area (Å²) in [6.45, 7) is 17.8. The summed E-state index contributed by atoms with van der Waals surface area (Å²) in [6, 6.07) is 42.4. The Kier molecular flexibility index (Phi) is 9.75. The fourth-order valence-corrected chi connectivity index (χ4v) is 15.9. The third-order valence-corrected chi connectivity index (χ3v) is 17.0. The molecule has 284 valence electrons. The number of hydrogen-bond acceptors (Lipinski definition) is 2. The van der Waals surface area contributed by atoms with E-state index in [-0.39, 0.29) is 11.8 Å². The van der Waals surface area contributed by atoms with Crippen LogP contribution in [-0.2, 0) is 12.8 Å². The average molecular weight is 773 g/mol. The van der Waals surface area contributed by atoms with Gasteiger partial charge in [0.1, 0.15) is 11.5 Å². The van der Waals surface area contributed by atoms with Gasteiger partial charge in [0.25, 0.3) is 5.79 Å². The van der Waals surface area contributed by atoms with Gasteiger partial charge in [-0.05, 0) is 129 Å². The molecule has 0 saturated heterocycles. The first-order chi connectivity index (χ1) is 26.9. The lowest BCUT2D eigenvalue weighted by Crippen LogP contribution is -2.62. The minimum atomic E-state index is -0.898. The number of ether oxygens (including phenoxy) is 2. The molecule has 1 fully saturated rings. The van der Waals surface area contributed by atoms with E-state index in [1.807, 2.05) is 0 Å². The first-order valence-corrected chi connectivity index (χ1v) is 23.2. The maximum Gasteiger partial charge on any atom is 0.257 e. The predicted octanol–water partition coefficient (Wildman–Crippen LogP) is 10.4. The highest BCUT2D eigenvalue weighted by atomic mass is 31.1. The number of para-hydroxylation sites is 2. The van der Waals surface area contributed by atoms with Crippen molar-refractivity contribution in [2.75, 3.05) is 0 Å². The van der Waals surface area contributed by atoms with Crippen molar-refractivity contribution in [1.29, 1.82) is 0 Å². The van der Waals surface area contributed by atoms with Crippen molar-refractivity contribution in [2.45, 2.75) is 93.3 Å². The summed E-state index contributed by atoms with van der Waals surface area (Å²) >= 11 is 0. The highest BCUT2D eigenvalue weighted by Gasteiger charge is 2.57. The number of benzene rings is 6. The van der Waals surface area contributed by atoms with Crippen LogP contribution in [-0.4, -0.2) is 5.79 Å². The standard InChI is InChI=1S/C52H54O2P2/c1-32-18-33(2)23-44(22-32)55(45-24-34(3)19-35(4)25-45)48-16-9-12-40-30-42-14-11-15-43-31-41-13-10-17-49(51(41)54-52(42,43)53-50(40)48)56(46-26-36(5)20-37(6)27-46)47-28-38(7)21-39(8)29-47/h9-10,12-13,16-29,42-43H,11,14-15,30-31H2,1-8H3/t42-,43?,52?/m1/s1. The van der Waals surface area contributed by atoms with Crippen molar-refractivity contribution in [1.82, 2.24) is 0 Å². The minimum Gasteiger partial charge on any atom is -0.451 e. The second kappa shape index (κ2) is 14.6. The Bertz CT molecular complexity index is 2140. The van der Waals surface area contributed by atoms with Crippen molar-refractivity contribution in [2.24, 2.45) is 11.8 Å². The molecule has 1 aliphatic carbocycles. The maximum absolute atomic E-state index is 7.78. The second-order valence-electron chi connectivity index (χ2n) is 17.2. The third-order valence-electron chi connectivity index (χ3n) is 12.2. The lowest BCUT2D eigenvalue weighted by atomic mass is 9.68. The van der Waals surface area contributed by atoms with Gasteiger partial charge in [0.05, 0.1) is 0 Å². The Hall–Kier alpha value is -4.22. The van der Waals surface area contributed by atoms with Gasteiger partial charge in [0, 0.05) is 22.4 Å². The molecule has 2 heterocycles. The maximum atomic E-state index is 7.78. The van der Waals surface area contributed by atoms with Gasteiger partial charge < -0.3 is 9.47 Å². The Morgan fingerprint density at radius 1 is 0.429 bits per heavy atom. The normalized spacial score (nSPS) is 19.8. The minimum absolute atomic E-state index is 0.285. The Labute approximate surface area is 337 Å². The van der Waals surface area contributed by atoms with Crippen LogP contribution in [0, 0.1) is 67.2 Å². The van der Waals surface area contributed by atoms with E-state index in [0.29, 0.717) is 0 Å². The van der Waals surface area contributed by atoms with Crippen LogP contribution in [0.4, 0.5) is 0 Å². The van der Waals surface area contributed by atoms with Crippen molar-refractivity contribution < 1.29 is 9.47 Å². The van der Waals surface area contributed by atoms with Crippen LogP contribution in [0.3, 0.4) is 0 Å². The van der Waals surface area contributed by atoms with E-state index < -0.39 is 21.6 Å². The van der Waals surface area contributed by atoms with Crippen LogP contribution < -0.4 is 41.3 Å². The summed E-state index contributed by atoms with van der Waals surface area (Å²) in [5.74, 6) is 1.97. The molecule has 0 radical (unpaired) electrons. The van der Waals surface area contributed by atoms with Crippen LogP contribution >= 0.6 is 15.8 Å². The quantitative estimate of drug-likeness (QED) is 0.157. The van der Waals surface area contributed by atoms with Gasteiger partial charge in [0.15, 0.2) is 0 Å². The van der Waals surface area contributed by atoms with Crippen molar-refractivity contribution >= 4 is 47.7 Å². The number of hydrogen-bond donors (Lipinski definition) is 0. The zero-order valence-corrected chi connectivity index (χ0v) is 36.1. The summed E-state index contributed by atoms with van der Waals surface area (Å²) in [5, 5.41) is 8.13. The van der Waals surface area contributed by atoms with Crippen LogP contribution in [0.1, 0.15) is 74.9 Å². The zero-order chi connectivity index (χ0) is 38.9. The van der Waals surface area contributed by atoms with Gasteiger partial charge in [-0.1, -0.05) is 160 Å². The molecule has 2 unspecified atom stereocenters. The molecular formula is C52H54O2P2. The van der Waals surface area contributed by atoms with E-state index >= 15 is 0 Å². The molecule has 0 amide bonds. The van der Waals surface area contributed by atoms with Crippen LogP contribution in [0.2, 0.25) is 0 Å². The molecule has 56 heavy (non-hydrogen) atoms. The Morgan fingerprint density at radius 2 is 0.732 bits per heavy atom. The molecule has 6 aromatic rings. The fraction of sp³-hybridized carbons (Fsp3) is 0.308. The zero-order valence-electron chi connectivity index (χ0n) is 34.3. The molecule has 6 aromatic carbocycles. The van der Waals surface area contributed by atoms with Gasteiger partial charge in [-0.2, -0.15) is 0 Å². The van der Waals surface area contributed by atoms with Crippen LogP contribution in [0.5, 0.6) is 11.5 Å². The van der Waals surface area contributed by atoms with Gasteiger partial charge in [-0.15, -0.1) is 0 Å². The smallest absolute Gasteiger partial charge is 0.257 e. The predicted molar refractivity (Wildman–Crippen MR) is 240 cm³/mol. The highest BCUT2D eigenvalue weighted by Crippen LogP contribution is 2.55. The van der Waals surface area contributed by atoms with Gasteiger partial charge in [-0.25, -0.2) is 0 Å². The lowest BCUT2D eigenvalue weighted by Gasteiger charge is -2.54. The van der Waals surface area contributed by atoms with Gasteiger partial charge in [-0.3, -0.25) is 0 Å². The van der Waals surface area contributed by atoms with E-state index in [9.17, 15) is 0 Å². The monoisotopic (exact) mass is 772 g/mol. The topological polar surface area (TPSA) is 18.5 Å². The van der Waals surface area contributed by atoms with Crippen molar-refractivity contribution in [3.8, 4) is 11.5 Å². The second-order valence-corrected chi connectivity index (χ2v) is 21.6. The largest absolute Gasteiger partial charge is 0.451 e. The Morgan fingerprint density at radius 3 is 1.04 bits per heavy atom. The van der Waals surface area contributed by atoms with Crippen LogP contribution in [0.25, 0.3) is 0 Å². The van der Waals surface area contributed by atoms with E-state index in [0.717, 1.165) is 37.2 Å². The van der Waals surface area contributed by atoms with E-state index in [4.69, 9.17) is 9.47 Å². The van der Waals surface area contributed by atoms with Gasteiger partial charge >= 0.3 is 0 Å². The number of rotatable bonds is 6. The summed E-state index contributed by atoms with van der Waals surface area (Å²) in [7, 11) is -1.80. The number of aryl methyl sites for hydroxylation is 8. The molecule has 0 N–H and O–H groups in total. The molecule has 9 rings (SSSR count). The molecule has 1 saturated carbocycles. The summed E-state index contributed by atoms with van der Waals surface area (Å²) < 4.78 is 15.6. The molecule has 2 aliphatic heterocycles. The van der Waals surface area contributed by atoms with E-state index in [2.05, 4.69) is 165 Å². The SMILES string of the molecule is Cc1cc(C)cc(P(c2cc(C)cc(C)c2)c2cccc3c2OC24Oc5c(cccc5P(c5cc(C)cc(C)c5)c5cc(C)cc(C)c5)C[C@H]2CCCC4C3)c1. The highest BCUT2D eigenvalue weighted by molar-refractivity contribution is 7.80. The van der Waals surface area contributed by atoms with Gasteiger partial charge in [0.2, 0.25) is 0 Å². The Balaban J connectivity index is 1.22. The van der Waals surface area contributed by atoms with Crippen molar-refractivity contribution in [3.63, 3.8) is 0 Å². The van der Waals surface area contributed by atoms with E-state index in [1.54, 1.807) is 0 Å². The average Bonchev–Trinajstić information content (AvgIpc) is 3.11. The molecule has 2 nitrogen and oxygen atoms in total. The first-order valence-electron chi connectivity index (χ1n) is 20.5. The lowest BCUT2D eigenvalue weighted by molar-refractivity contribution is -0.225. The molecule has 0 aromatic heterocycles. The van der Waals surface area contributed by atoms with E-state index in [1.165, 1.54) is 93.9 Å². The summed E-state index contributed by atoms with van der Waals surface area (Å²) in [4.78, 5) is 0. The van der Waals surface area contributed by atoms with Crippen molar-refractivity contribution in [3.05, 3.63) is 165 Å². The fourth-order valence-electron chi connectivity index (χ4n) is 10.3. The summed E-state index contributed by atoms with van der Waals surface area (Å²) in [6.07, 6.45) is 5.39. The molecular weight excluding hydrogens is 719 g/mol. The summed E-state index contributed by atoms with van der Waals surface area (Å²) in [5.41, 5.74) is 13.1. The first kappa shape index (κ1) is 37.4. The van der Waals surface area contributed by atoms with Crippen LogP contribution in [0.15, 0.2) is 109 Å². The molecule has 0 bridgehead atoms. The molecule has 1 spiro atoms.